The van der Waals surface area contributed by atoms with Crippen molar-refractivity contribution in [1.82, 2.24) is 19.5 Å². The summed E-state index contributed by atoms with van der Waals surface area (Å²) in [6.07, 6.45) is 1.96. The van der Waals surface area contributed by atoms with Crippen LogP contribution < -0.4 is 0 Å². The van der Waals surface area contributed by atoms with Crippen molar-refractivity contribution < 1.29 is 14.9 Å². The SMILES string of the molecule is Cc1ncnc2c1ncn2C1C[C@H](O)[C@@H](CO)O1. The number of aryl methyl sites for hydroxylation is 1. The molecule has 2 aromatic rings. The van der Waals surface area contributed by atoms with Crippen molar-refractivity contribution in [2.75, 3.05) is 6.61 Å². The first-order chi connectivity index (χ1) is 8.70. The van der Waals surface area contributed by atoms with E-state index >= 15 is 0 Å². The van der Waals surface area contributed by atoms with Gasteiger partial charge in [-0.25, -0.2) is 15.0 Å². The minimum absolute atomic E-state index is 0.196. The number of nitrogens with zero attached hydrogens (tertiary/aromatic N) is 4. The Kier molecular flexibility index (Phi) is 2.73. The van der Waals surface area contributed by atoms with Crippen molar-refractivity contribution in [3.8, 4) is 0 Å². The molecule has 0 saturated carbocycles. The molecule has 7 heteroatoms. The fourth-order valence-electron chi connectivity index (χ4n) is 2.23. The maximum absolute atomic E-state index is 9.73. The van der Waals surface area contributed by atoms with Gasteiger partial charge >= 0.3 is 0 Å². The van der Waals surface area contributed by atoms with Crippen molar-refractivity contribution in [3.63, 3.8) is 0 Å². The van der Waals surface area contributed by atoms with E-state index in [9.17, 15) is 5.11 Å². The number of rotatable bonds is 2. The summed E-state index contributed by atoms with van der Waals surface area (Å²) in [6, 6.07) is 0. The van der Waals surface area contributed by atoms with Gasteiger partial charge in [0.1, 0.15) is 24.2 Å². The van der Waals surface area contributed by atoms with Gasteiger partial charge in [0.15, 0.2) is 5.65 Å². The summed E-state index contributed by atoms with van der Waals surface area (Å²) in [5.74, 6) is 0. The Morgan fingerprint density at radius 1 is 1.44 bits per heavy atom. The number of ether oxygens (including phenoxy) is 1. The maximum Gasteiger partial charge on any atom is 0.165 e. The van der Waals surface area contributed by atoms with Gasteiger partial charge < -0.3 is 14.9 Å². The van der Waals surface area contributed by atoms with Gasteiger partial charge in [0.05, 0.1) is 24.7 Å². The second-order valence-electron chi connectivity index (χ2n) is 4.40. The van der Waals surface area contributed by atoms with Crippen LogP contribution in [0.1, 0.15) is 18.3 Å². The maximum atomic E-state index is 9.73. The average molecular weight is 250 g/mol. The molecule has 2 N–H and O–H groups in total. The van der Waals surface area contributed by atoms with Crippen LogP contribution in [0.2, 0.25) is 0 Å². The van der Waals surface area contributed by atoms with Crippen LogP contribution in [0.4, 0.5) is 0 Å². The van der Waals surface area contributed by atoms with Crippen LogP contribution in [0.25, 0.3) is 11.2 Å². The molecule has 1 fully saturated rings. The fraction of sp³-hybridized carbons (Fsp3) is 0.545. The molecule has 1 aliphatic heterocycles. The molecule has 7 nitrogen and oxygen atoms in total. The molecule has 0 radical (unpaired) electrons. The molecule has 0 amide bonds. The molecular weight excluding hydrogens is 236 g/mol. The molecule has 96 valence electrons. The van der Waals surface area contributed by atoms with E-state index in [2.05, 4.69) is 15.0 Å². The predicted molar refractivity (Wildman–Crippen MR) is 61.7 cm³/mol. The van der Waals surface area contributed by atoms with Crippen LogP contribution in [-0.2, 0) is 4.74 Å². The number of aliphatic hydroxyl groups is 2. The molecule has 3 atom stereocenters. The van der Waals surface area contributed by atoms with E-state index in [-0.39, 0.29) is 12.8 Å². The largest absolute Gasteiger partial charge is 0.394 e. The number of aromatic nitrogens is 4. The van der Waals surface area contributed by atoms with E-state index in [0.29, 0.717) is 12.1 Å². The highest BCUT2D eigenvalue weighted by atomic mass is 16.5. The number of fused-ring (bicyclic) bond motifs is 1. The Hall–Kier alpha value is -1.57. The van der Waals surface area contributed by atoms with E-state index in [4.69, 9.17) is 9.84 Å². The zero-order valence-electron chi connectivity index (χ0n) is 9.89. The lowest BCUT2D eigenvalue weighted by Crippen LogP contribution is -2.24. The van der Waals surface area contributed by atoms with Gasteiger partial charge in [-0.3, -0.25) is 4.57 Å². The minimum Gasteiger partial charge on any atom is -0.394 e. The first-order valence-electron chi connectivity index (χ1n) is 5.79. The summed E-state index contributed by atoms with van der Waals surface area (Å²) in [7, 11) is 0. The molecule has 3 rings (SSSR count). The highest BCUT2D eigenvalue weighted by Crippen LogP contribution is 2.30. The Morgan fingerprint density at radius 3 is 3.00 bits per heavy atom. The zero-order chi connectivity index (χ0) is 12.7. The Bertz CT molecular complexity index is 570. The van der Waals surface area contributed by atoms with Crippen LogP contribution in [-0.4, -0.2) is 48.5 Å². The van der Waals surface area contributed by atoms with Crippen LogP contribution in [0.5, 0.6) is 0 Å². The minimum atomic E-state index is -0.666. The van der Waals surface area contributed by atoms with E-state index in [0.717, 1.165) is 11.2 Å². The van der Waals surface area contributed by atoms with Gasteiger partial charge in [-0.05, 0) is 6.92 Å². The van der Waals surface area contributed by atoms with Gasteiger partial charge in [-0.2, -0.15) is 0 Å². The smallest absolute Gasteiger partial charge is 0.165 e. The highest BCUT2D eigenvalue weighted by Gasteiger charge is 2.35. The molecule has 1 unspecified atom stereocenters. The number of imidazole rings is 1. The van der Waals surface area contributed by atoms with Crippen molar-refractivity contribution >= 4 is 11.2 Å². The monoisotopic (exact) mass is 250 g/mol. The van der Waals surface area contributed by atoms with Crippen LogP contribution in [0.3, 0.4) is 0 Å². The average Bonchev–Trinajstić information content (AvgIpc) is 2.93. The molecule has 0 bridgehead atoms. The Balaban J connectivity index is 1.99. The molecule has 1 aliphatic rings. The topological polar surface area (TPSA) is 93.3 Å². The lowest BCUT2D eigenvalue weighted by molar-refractivity contribution is -0.0432. The summed E-state index contributed by atoms with van der Waals surface area (Å²) in [5, 5.41) is 18.8. The molecule has 1 saturated heterocycles. The van der Waals surface area contributed by atoms with E-state index in [1.807, 2.05) is 6.92 Å². The zero-order valence-corrected chi connectivity index (χ0v) is 9.89. The first-order valence-corrected chi connectivity index (χ1v) is 5.79. The standard InChI is InChI=1S/C11H14N4O3/c1-6-10-11(13-4-12-6)15(5-14-10)9-2-7(17)8(3-16)18-9/h4-5,7-9,16-17H,2-3H2,1H3/t7-,8+,9?/m0/s1. The number of hydrogen-bond acceptors (Lipinski definition) is 6. The van der Waals surface area contributed by atoms with Crippen LogP contribution >= 0.6 is 0 Å². The molecule has 0 spiro atoms. The van der Waals surface area contributed by atoms with Gasteiger partial charge in [0, 0.05) is 6.42 Å². The number of aliphatic hydroxyl groups excluding tert-OH is 2. The molecule has 3 heterocycles. The first kappa shape index (κ1) is 11.5. The van der Waals surface area contributed by atoms with Gasteiger partial charge in [-0.1, -0.05) is 0 Å². The quantitative estimate of drug-likeness (QED) is 0.765. The van der Waals surface area contributed by atoms with Crippen molar-refractivity contribution in [2.45, 2.75) is 31.8 Å². The summed E-state index contributed by atoms with van der Waals surface area (Å²) >= 11 is 0. The summed E-state index contributed by atoms with van der Waals surface area (Å²) in [4.78, 5) is 12.5. The van der Waals surface area contributed by atoms with Crippen molar-refractivity contribution in [2.24, 2.45) is 0 Å². The lowest BCUT2D eigenvalue weighted by atomic mass is 10.2. The summed E-state index contributed by atoms with van der Waals surface area (Å²) in [5.41, 5.74) is 2.21. The van der Waals surface area contributed by atoms with Crippen LogP contribution in [0.15, 0.2) is 12.7 Å². The van der Waals surface area contributed by atoms with E-state index in [1.54, 1.807) is 10.9 Å². The highest BCUT2D eigenvalue weighted by molar-refractivity contribution is 5.72. The lowest BCUT2D eigenvalue weighted by Gasteiger charge is -2.13. The third kappa shape index (κ3) is 1.67. The van der Waals surface area contributed by atoms with Gasteiger partial charge in [0.25, 0.3) is 0 Å². The van der Waals surface area contributed by atoms with Gasteiger partial charge in [0.2, 0.25) is 0 Å². The molecule has 0 aliphatic carbocycles. The van der Waals surface area contributed by atoms with Gasteiger partial charge in [-0.15, -0.1) is 0 Å². The third-order valence-electron chi connectivity index (χ3n) is 3.24. The fourth-order valence-corrected chi connectivity index (χ4v) is 2.23. The molecule has 2 aromatic heterocycles. The Morgan fingerprint density at radius 2 is 2.28 bits per heavy atom. The second-order valence-corrected chi connectivity index (χ2v) is 4.40. The summed E-state index contributed by atoms with van der Waals surface area (Å²) in [6.45, 7) is 1.67. The normalized spacial score (nSPS) is 28.1. The van der Waals surface area contributed by atoms with Crippen LogP contribution in [0, 0.1) is 6.92 Å². The summed E-state index contributed by atoms with van der Waals surface area (Å²) < 4.78 is 7.34. The second kappa shape index (κ2) is 4.27. The van der Waals surface area contributed by atoms with Crippen molar-refractivity contribution in [1.29, 1.82) is 0 Å². The van der Waals surface area contributed by atoms with E-state index < -0.39 is 12.2 Å². The molecule has 18 heavy (non-hydrogen) atoms. The predicted octanol–water partition coefficient (Wildman–Crippen LogP) is -0.225. The van der Waals surface area contributed by atoms with Crippen molar-refractivity contribution in [3.05, 3.63) is 18.3 Å². The Labute approximate surface area is 103 Å². The third-order valence-corrected chi connectivity index (χ3v) is 3.24. The number of hydrogen-bond donors (Lipinski definition) is 2. The van der Waals surface area contributed by atoms with E-state index in [1.165, 1.54) is 6.33 Å². The molecular formula is C11H14N4O3. The molecule has 0 aromatic carbocycles.